The predicted octanol–water partition coefficient (Wildman–Crippen LogP) is 2.05. The van der Waals surface area contributed by atoms with Gasteiger partial charge in [-0.3, -0.25) is 0 Å². The summed E-state index contributed by atoms with van der Waals surface area (Å²) in [6, 6.07) is 0.529. The Morgan fingerprint density at radius 3 is 3.00 bits per heavy atom. The highest BCUT2D eigenvalue weighted by molar-refractivity contribution is 7.11. The quantitative estimate of drug-likeness (QED) is 0.637. The molecule has 3 N–H and O–H groups in total. The topological polar surface area (TPSA) is 63.3 Å². The monoisotopic (exact) mass is 252 g/mol. The Hall–Kier alpha value is -1.10. The number of nitrogens with two attached hydrogens (primary N) is 1. The summed E-state index contributed by atoms with van der Waals surface area (Å²) in [6.07, 6.45) is 8.00. The van der Waals surface area contributed by atoms with Gasteiger partial charge in [-0.05, 0) is 19.3 Å². The summed E-state index contributed by atoms with van der Waals surface area (Å²) in [7, 11) is 0. The van der Waals surface area contributed by atoms with Crippen LogP contribution in [0.2, 0.25) is 0 Å². The zero-order valence-electron chi connectivity index (χ0n) is 10.3. The summed E-state index contributed by atoms with van der Waals surface area (Å²) in [5, 5.41) is 4.31. The molecule has 1 fully saturated rings. The van der Waals surface area contributed by atoms with Crippen LogP contribution in [-0.4, -0.2) is 17.0 Å². The van der Waals surface area contributed by atoms with Crippen molar-refractivity contribution < 1.29 is 0 Å². The molecule has 0 radical (unpaired) electrons. The second kappa shape index (κ2) is 6.00. The molecule has 1 aromatic heterocycles. The number of aliphatic imine (C=N–C) groups is 1. The lowest BCUT2D eigenvalue weighted by atomic mass is 10.2. The normalized spacial score (nSPS) is 17.6. The highest BCUT2D eigenvalue weighted by Gasteiger charge is 2.14. The first-order valence-electron chi connectivity index (χ1n) is 6.28. The Bertz CT molecular complexity index is 380. The van der Waals surface area contributed by atoms with Crippen LogP contribution in [0.25, 0.3) is 0 Å². The second-order valence-corrected chi connectivity index (χ2v) is 5.60. The number of hydrogen-bond donors (Lipinski definition) is 2. The Kier molecular flexibility index (Phi) is 4.36. The van der Waals surface area contributed by atoms with Crippen LogP contribution in [0.5, 0.6) is 0 Å². The van der Waals surface area contributed by atoms with E-state index in [0.29, 0.717) is 18.5 Å². The minimum Gasteiger partial charge on any atom is -0.370 e. The first kappa shape index (κ1) is 12.4. The fraction of sp³-hybridized carbons (Fsp3) is 0.667. The molecule has 94 valence electrons. The van der Waals surface area contributed by atoms with Gasteiger partial charge in [-0.15, -0.1) is 11.3 Å². The van der Waals surface area contributed by atoms with Crippen LogP contribution in [0.15, 0.2) is 11.2 Å². The first-order chi connectivity index (χ1) is 8.28. The molecule has 17 heavy (non-hydrogen) atoms. The van der Waals surface area contributed by atoms with Gasteiger partial charge in [-0.25, -0.2) is 9.98 Å². The summed E-state index contributed by atoms with van der Waals surface area (Å²) in [5.41, 5.74) is 5.86. The summed E-state index contributed by atoms with van der Waals surface area (Å²) >= 11 is 1.72. The van der Waals surface area contributed by atoms with E-state index in [-0.39, 0.29) is 0 Å². The fourth-order valence-electron chi connectivity index (χ4n) is 2.06. The number of rotatable bonds is 4. The average molecular weight is 252 g/mol. The van der Waals surface area contributed by atoms with Crippen molar-refractivity contribution in [3.63, 3.8) is 0 Å². The van der Waals surface area contributed by atoms with Gasteiger partial charge >= 0.3 is 0 Å². The Balaban J connectivity index is 1.82. The van der Waals surface area contributed by atoms with E-state index < -0.39 is 0 Å². The Morgan fingerprint density at radius 2 is 2.35 bits per heavy atom. The molecular weight excluding hydrogens is 232 g/mol. The highest BCUT2D eigenvalue weighted by Crippen LogP contribution is 2.17. The van der Waals surface area contributed by atoms with Crippen molar-refractivity contribution in [3.05, 3.63) is 16.1 Å². The largest absolute Gasteiger partial charge is 0.370 e. The Labute approximate surface area is 106 Å². The summed E-state index contributed by atoms with van der Waals surface area (Å²) in [4.78, 5) is 9.96. The van der Waals surface area contributed by atoms with Crippen molar-refractivity contribution in [1.82, 2.24) is 10.3 Å². The molecule has 0 aliphatic heterocycles. The molecule has 1 aromatic rings. The van der Waals surface area contributed by atoms with Crippen LogP contribution in [0, 0.1) is 0 Å². The first-order valence-corrected chi connectivity index (χ1v) is 7.09. The second-order valence-electron chi connectivity index (χ2n) is 4.40. The number of nitrogens with one attached hydrogen (secondary N) is 1. The molecule has 0 atom stereocenters. The smallest absolute Gasteiger partial charge is 0.189 e. The summed E-state index contributed by atoms with van der Waals surface area (Å²) in [5.74, 6) is 0.560. The molecule has 0 spiro atoms. The Morgan fingerprint density at radius 1 is 1.59 bits per heavy atom. The van der Waals surface area contributed by atoms with Crippen molar-refractivity contribution in [2.75, 3.05) is 0 Å². The van der Waals surface area contributed by atoms with E-state index >= 15 is 0 Å². The lowest BCUT2D eigenvalue weighted by Crippen LogP contribution is -2.38. The number of nitrogens with zero attached hydrogens (tertiary/aromatic N) is 2. The van der Waals surface area contributed by atoms with E-state index in [9.17, 15) is 0 Å². The van der Waals surface area contributed by atoms with Gasteiger partial charge in [0.2, 0.25) is 0 Å². The van der Waals surface area contributed by atoms with Crippen molar-refractivity contribution in [2.45, 2.75) is 51.6 Å². The minimum atomic E-state index is 0.529. The van der Waals surface area contributed by atoms with Crippen LogP contribution in [0.1, 0.15) is 42.5 Å². The SMILES string of the molecule is CCc1cnc(CN=C(N)NC2CCCC2)s1. The van der Waals surface area contributed by atoms with Gasteiger partial charge < -0.3 is 11.1 Å². The predicted molar refractivity (Wildman–Crippen MR) is 72.2 cm³/mol. The van der Waals surface area contributed by atoms with E-state index in [2.05, 4.69) is 22.2 Å². The maximum Gasteiger partial charge on any atom is 0.189 e. The van der Waals surface area contributed by atoms with Crippen LogP contribution in [0.4, 0.5) is 0 Å². The average Bonchev–Trinajstić information content (AvgIpc) is 2.96. The van der Waals surface area contributed by atoms with Crippen LogP contribution in [0.3, 0.4) is 0 Å². The van der Waals surface area contributed by atoms with Gasteiger partial charge in [0.15, 0.2) is 5.96 Å². The number of aromatic nitrogens is 1. The lowest BCUT2D eigenvalue weighted by Gasteiger charge is -2.11. The van der Waals surface area contributed by atoms with E-state index in [0.717, 1.165) is 11.4 Å². The third-order valence-electron chi connectivity index (χ3n) is 3.04. The van der Waals surface area contributed by atoms with Crippen LogP contribution < -0.4 is 11.1 Å². The minimum absolute atomic E-state index is 0.529. The van der Waals surface area contributed by atoms with Crippen molar-refractivity contribution in [3.8, 4) is 0 Å². The van der Waals surface area contributed by atoms with Gasteiger partial charge in [-0.2, -0.15) is 0 Å². The van der Waals surface area contributed by atoms with Gasteiger partial charge in [0.1, 0.15) is 5.01 Å². The highest BCUT2D eigenvalue weighted by atomic mass is 32.1. The molecule has 4 nitrogen and oxygen atoms in total. The van der Waals surface area contributed by atoms with Crippen LogP contribution >= 0.6 is 11.3 Å². The third-order valence-corrected chi connectivity index (χ3v) is 4.17. The fourth-order valence-corrected chi connectivity index (χ4v) is 2.85. The molecule has 5 heteroatoms. The van der Waals surface area contributed by atoms with Crippen molar-refractivity contribution >= 4 is 17.3 Å². The van der Waals surface area contributed by atoms with Gasteiger partial charge in [0.05, 0.1) is 6.54 Å². The number of aryl methyl sites for hydroxylation is 1. The van der Waals surface area contributed by atoms with E-state index in [1.807, 2.05) is 6.20 Å². The van der Waals surface area contributed by atoms with Crippen molar-refractivity contribution in [1.29, 1.82) is 0 Å². The molecule has 0 amide bonds. The summed E-state index contributed by atoms with van der Waals surface area (Å²) in [6.45, 7) is 2.73. The van der Waals surface area contributed by atoms with Crippen molar-refractivity contribution in [2.24, 2.45) is 10.7 Å². The maximum absolute atomic E-state index is 5.86. The lowest BCUT2D eigenvalue weighted by molar-refractivity contribution is 0.625. The zero-order chi connectivity index (χ0) is 12.1. The summed E-state index contributed by atoms with van der Waals surface area (Å²) < 4.78 is 0. The van der Waals surface area contributed by atoms with Gasteiger partial charge in [0, 0.05) is 17.1 Å². The van der Waals surface area contributed by atoms with Gasteiger partial charge in [-0.1, -0.05) is 19.8 Å². The van der Waals surface area contributed by atoms with Crippen LogP contribution in [-0.2, 0) is 13.0 Å². The van der Waals surface area contributed by atoms with E-state index in [4.69, 9.17) is 5.73 Å². The standard InChI is InChI=1S/C12H20N4S/c1-2-10-7-14-11(17-10)8-15-12(13)16-9-5-3-4-6-9/h7,9H,2-6,8H2,1H3,(H3,13,15,16). The number of thiazole rings is 1. The molecule has 1 heterocycles. The third kappa shape index (κ3) is 3.70. The molecular formula is C12H20N4S. The molecule has 0 aromatic carbocycles. The zero-order valence-corrected chi connectivity index (χ0v) is 11.1. The van der Waals surface area contributed by atoms with E-state index in [1.54, 1.807) is 11.3 Å². The molecule has 1 saturated carbocycles. The number of hydrogen-bond acceptors (Lipinski definition) is 3. The van der Waals surface area contributed by atoms with E-state index in [1.165, 1.54) is 30.6 Å². The molecule has 1 aliphatic rings. The molecule has 0 bridgehead atoms. The maximum atomic E-state index is 5.86. The number of guanidine groups is 1. The van der Waals surface area contributed by atoms with Gasteiger partial charge in [0.25, 0.3) is 0 Å². The molecule has 2 rings (SSSR count). The molecule has 0 unspecified atom stereocenters. The molecule has 0 saturated heterocycles. The molecule has 1 aliphatic carbocycles.